The molecule has 0 saturated heterocycles. The van der Waals surface area contributed by atoms with Crippen LogP contribution in [0.1, 0.15) is 31.2 Å². The van der Waals surface area contributed by atoms with Crippen LogP contribution in [-0.2, 0) is 6.42 Å². The third kappa shape index (κ3) is 4.77. The minimum absolute atomic E-state index is 0.0148. The van der Waals surface area contributed by atoms with Gasteiger partial charge >= 0.3 is 0 Å². The lowest BCUT2D eigenvalue weighted by Crippen LogP contribution is -2.09. The van der Waals surface area contributed by atoms with Crippen LogP contribution in [0.15, 0.2) is 47.6 Å². The summed E-state index contributed by atoms with van der Waals surface area (Å²) in [5, 5.41) is 9.92. The second-order valence-electron chi connectivity index (χ2n) is 6.48. The summed E-state index contributed by atoms with van der Waals surface area (Å²) in [5.74, 6) is -1.94. The molecule has 144 valence electrons. The van der Waals surface area contributed by atoms with Crippen molar-refractivity contribution in [2.75, 3.05) is 6.61 Å². The number of aliphatic hydroxyl groups is 1. The van der Waals surface area contributed by atoms with Crippen molar-refractivity contribution < 1.29 is 13.9 Å². The molecule has 1 aromatic carbocycles. The maximum atomic E-state index is 14.4. The van der Waals surface area contributed by atoms with E-state index < -0.39 is 17.6 Å². The number of nitrogens with zero attached hydrogens (tertiary/aromatic N) is 1. The fourth-order valence-corrected chi connectivity index (χ4v) is 4.50. The van der Waals surface area contributed by atoms with E-state index in [4.69, 9.17) is 28.3 Å². The number of benzene rings is 1. The molecule has 1 aromatic heterocycles. The van der Waals surface area contributed by atoms with Crippen LogP contribution in [0.4, 0.5) is 8.78 Å². The fraction of sp³-hybridized carbons (Fsp3) is 0.350. The topological polar surface area (TPSA) is 33.1 Å². The van der Waals surface area contributed by atoms with Crippen LogP contribution < -0.4 is 0 Å². The van der Waals surface area contributed by atoms with Gasteiger partial charge in [0.15, 0.2) is 5.83 Å². The summed E-state index contributed by atoms with van der Waals surface area (Å²) >= 11 is 13.5. The normalized spacial score (nSPS) is 17.4. The van der Waals surface area contributed by atoms with Gasteiger partial charge in [0.1, 0.15) is 11.0 Å². The van der Waals surface area contributed by atoms with Crippen molar-refractivity contribution in [2.24, 2.45) is 5.92 Å². The summed E-state index contributed by atoms with van der Waals surface area (Å²) in [6, 6.07) is 7.37. The van der Waals surface area contributed by atoms with E-state index in [0.717, 1.165) is 16.0 Å². The van der Waals surface area contributed by atoms with E-state index in [9.17, 15) is 8.78 Å². The predicted molar refractivity (Wildman–Crippen MR) is 108 cm³/mol. The van der Waals surface area contributed by atoms with Crippen molar-refractivity contribution in [1.82, 2.24) is 4.37 Å². The van der Waals surface area contributed by atoms with Gasteiger partial charge in [-0.2, -0.15) is 4.37 Å². The molecule has 0 bridgehead atoms. The molecule has 2 nitrogen and oxygen atoms in total. The van der Waals surface area contributed by atoms with Crippen LogP contribution in [0.2, 0.25) is 10.2 Å². The molecule has 7 heteroatoms. The van der Waals surface area contributed by atoms with Crippen molar-refractivity contribution in [3.05, 3.63) is 63.3 Å². The molecule has 0 fully saturated rings. The predicted octanol–water partition coefficient (Wildman–Crippen LogP) is 6.92. The van der Waals surface area contributed by atoms with Gasteiger partial charge < -0.3 is 5.11 Å². The second kappa shape index (κ2) is 9.28. The maximum Gasteiger partial charge on any atom is 0.157 e. The Kier molecular flexibility index (Phi) is 7.04. The van der Waals surface area contributed by atoms with E-state index in [1.54, 1.807) is 18.2 Å². The fourth-order valence-electron chi connectivity index (χ4n) is 3.20. The maximum absolute atomic E-state index is 14.4. The molecule has 2 aromatic rings. The zero-order chi connectivity index (χ0) is 19.4. The number of hydrogen-bond donors (Lipinski definition) is 1. The zero-order valence-electron chi connectivity index (χ0n) is 14.5. The highest BCUT2D eigenvalue weighted by molar-refractivity contribution is 7.10. The van der Waals surface area contributed by atoms with Gasteiger partial charge in [-0.05, 0) is 66.9 Å². The minimum atomic E-state index is -0.767. The average molecular weight is 430 g/mol. The Hall–Kier alpha value is -1.27. The van der Waals surface area contributed by atoms with Gasteiger partial charge in [0.05, 0.1) is 4.88 Å². The first kappa shape index (κ1) is 20.5. The van der Waals surface area contributed by atoms with Crippen molar-refractivity contribution >= 4 is 34.7 Å². The summed E-state index contributed by atoms with van der Waals surface area (Å²) in [5.41, 5.74) is 2.15. The largest absolute Gasteiger partial charge is 0.396 e. The third-order valence-corrected chi connectivity index (χ3v) is 6.30. The highest BCUT2D eigenvalue weighted by atomic mass is 35.5. The van der Waals surface area contributed by atoms with Gasteiger partial charge in [0.25, 0.3) is 0 Å². The Labute approximate surface area is 171 Å². The van der Waals surface area contributed by atoms with Crippen molar-refractivity contribution in [2.45, 2.75) is 32.1 Å². The zero-order valence-corrected chi connectivity index (χ0v) is 16.8. The molecule has 0 amide bonds. The molecular weight excluding hydrogens is 411 g/mol. The highest BCUT2D eigenvalue weighted by Gasteiger charge is 2.25. The van der Waals surface area contributed by atoms with E-state index in [1.165, 1.54) is 11.5 Å². The molecule has 0 spiro atoms. The quantitative estimate of drug-likeness (QED) is 0.517. The van der Waals surface area contributed by atoms with Crippen LogP contribution in [-0.4, -0.2) is 16.1 Å². The van der Waals surface area contributed by atoms with Crippen LogP contribution >= 0.6 is 34.7 Å². The molecule has 1 heterocycles. The first-order chi connectivity index (χ1) is 13.0. The molecular formula is C20H19Cl2F2NOS. The summed E-state index contributed by atoms with van der Waals surface area (Å²) < 4.78 is 32.9. The van der Waals surface area contributed by atoms with Crippen molar-refractivity contribution in [3.8, 4) is 10.4 Å². The highest BCUT2D eigenvalue weighted by Crippen LogP contribution is 2.39. The number of aromatic nitrogens is 1. The molecule has 0 radical (unpaired) electrons. The number of allylic oxidation sites excluding steroid dienone is 4. The summed E-state index contributed by atoms with van der Waals surface area (Å²) in [6.07, 6.45) is 3.95. The third-order valence-electron chi connectivity index (χ3n) is 4.70. The van der Waals surface area contributed by atoms with Crippen LogP contribution in [0, 0.1) is 5.92 Å². The molecule has 1 unspecified atom stereocenters. The van der Waals surface area contributed by atoms with Gasteiger partial charge in [-0.1, -0.05) is 41.4 Å². The molecule has 1 atom stereocenters. The number of aliphatic hydroxyl groups excluding tert-OH is 1. The molecule has 0 aliphatic heterocycles. The van der Waals surface area contributed by atoms with Crippen molar-refractivity contribution in [1.29, 1.82) is 0 Å². The lowest BCUT2D eigenvalue weighted by atomic mass is 9.89. The van der Waals surface area contributed by atoms with E-state index in [1.807, 2.05) is 12.1 Å². The summed E-state index contributed by atoms with van der Waals surface area (Å²) in [7, 11) is 0. The molecule has 1 aliphatic carbocycles. The van der Waals surface area contributed by atoms with Gasteiger partial charge in [0, 0.05) is 23.1 Å². The van der Waals surface area contributed by atoms with E-state index in [-0.39, 0.29) is 6.61 Å². The van der Waals surface area contributed by atoms with E-state index in [0.29, 0.717) is 47.9 Å². The van der Waals surface area contributed by atoms with Gasteiger partial charge in [0.2, 0.25) is 0 Å². The van der Waals surface area contributed by atoms with Gasteiger partial charge in [-0.3, -0.25) is 0 Å². The van der Waals surface area contributed by atoms with Crippen LogP contribution in [0.3, 0.4) is 0 Å². The average Bonchev–Trinajstić information content (AvgIpc) is 3.03. The monoisotopic (exact) mass is 429 g/mol. The number of halogens is 4. The van der Waals surface area contributed by atoms with E-state index >= 15 is 0 Å². The minimum Gasteiger partial charge on any atom is -0.396 e. The lowest BCUT2D eigenvalue weighted by Gasteiger charge is -2.20. The SMILES string of the molecule is OCCCC1CC=C(CCc2c(Cl)nsc2-c2ccc(Cl)cc2)C(F)=C1F. The van der Waals surface area contributed by atoms with Gasteiger partial charge in [-0.25, -0.2) is 8.78 Å². The smallest absolute Gasteiger partial charge is 0.157 e. The Bertz CT molecular complexity index is 861. The number of rotatable bonds is 7. The first-order valence-electron chi connectivity index (χ1n) is 8.76. The first-order valence-corrected chi connectivity index (χ1v) is 10.3. The second-order valence-corrected chi connectivity index (χ2v) is 8.05. The Morgan fingerprint density at radius 2 is 1.89 bits per heavy atom. The van der Waals surface area contributed by atoms with E-state index in [2.05, 4.69) is 4.37 Å². The molecule has 1 N–H and O–H groups in total. The van der Waals surface area contributed by atoms with Crippen LogP contribution in [0.5, 0.6) is 0 Å². The van der Waals surface area contributed by atoms with Gasteiger partial charge in [-0.15, -0.1) is 0 Å². The Balaban J connectivity index is 1.73. The molecule has 27 heavy (non-hydrogen) atoms. The number of hydrogen-bond acceptors (Lipinski definition) is 3. The summed E-state index contributed by atoms with van der Waals surface area (Å²) in [6.45, 7) is -0.0148. The standard InChI is InChI=1S/C20H19Cl2F2NOS/c21-15-8-5-14(6-9-15)19-16(20(22)25-27-19)10-7-13-4-3-12(2-1-11-26)17(23)18(13)24/h4-6,8-9,12,26H,1-3,7,10-11H2. The lowest BCUT2D eigenvalue weighted by molar-refractivity contribution is 0.268. The molecule has 1 aliphatic rings. The Morgan fingerprint density at radius 1 is 1.15 bits per heavy atom. The molecule has 0 saturated carbocycles. The molecule has 3 rings (SSSR count). The van der Waals surface area contributed by atoms with Crippen molar-refractivity contribution in [3.63, 3.8) is 0 Å². The summed E-state index contributed by atoms with van der Waals surface area (Å²) in [4.78, 5) is 0.916. The van der Waals surface area contributed by atoms with Crippen LogP contribution in [0.25, 0.3) is 10.4 Å². The Morgan fingerprint density at radius 3 is 2.59 bits per heavy atom.